The Labute approximate surface area is 209 Å². The first-order chi connectivity index (χ1) is 15.9. The molecule has 0 amide bonds. The van der Waals surface area contributed by atoms with Gasteiger partial charge in [0.25, 0.3) is 0 Å². The van der Waals surface area contributed by atoms with Crippen molar-refractivity contribution in [2.24, 2.45) is 34.5 Å². The quantitative estimate of drug-likeness (QED) is 0.344. The number of hydrogen-bond acceptors (Lipinski definition) is 7. The van der Waals surface area contributed by atoms with E-state index in [4.69, 9.17) is 0 Å². The highest BCUT2D eigenvalue weighted by molar-refractivity contribution is 5.95. The van der Waals surface area contributed by atoms with Gasteiger partial charge in [0.15, 0.2) is 5.78 Å². The zero-order valence-electron chi connectivity index (χ0n) is 22.2. The van der Waals surface area contributed by atoms with Crippen molar-refractivity contribution >= 4 is 5.78 Å². The van der Waals surface area contributed by atoms with E-state index in [1.54, 1.807) is 19.9 Å². The Hall–Kier alpha value is -0.830. The van der Waals surface area contributed by atoms with Crippen LogP contribution in [0.15, 0.2) is 11.6 Å². The van der Waals surface area contributed by atoms with Crippen LogP contribution < -0.4 is 0 Å². The molecule has 3 fully saturated rings. The maximum absolute atomic E-state index is 13.3. The average Bonchev–Trinajstić information content (AvgIpc) is 3.02. The van der Waals surface area contributed by atoms with Crippen molar-refractivity contribution in [2.75, 3.05) is 0 Å². The number of allylic oxidation sites excluding steroid dienone is 1. The van der Waals surface area contributed by atoms with Crippen molar-refractivity contribution in [2.45, 2.75) is 122 Å². The predicted octanol–water partition coefficient (Wildman–Crippen LogP) is 2.10. The highest BCUT2D eigenvalue weighted by Crippen LogP contribution is 2.68. The monoisotopic (exact) mass is 494 g/mol. The molecule has 35 heavy (non-hydrogen) atoms. The Morgan fingerprint density at radius 2 is 1.69 bits per heavy atom. The summed E-state index contributed by atoms with van der Waals surface area (Å²) in [6, 6.07) is 0. The molecule has 0 bridgehead atoms. The first-order valence-corrected chi connectivity index (χ1v) is 13.4. The summed E-state index contributed by atoms with van der Waals surface area (Å²) in [5.41, 5.74) is -4.62. The Morgan fingerprint density at radius 3 is 2.29 bits per heavy atom. The fraction of sp³-hybridized carbons (Fsp3) is 0.893. The summed E-state index contributed by atoms with van der Waals surface area (Å²) >= 11 is 0. The number of rotatable bonds is 5. The zero-order valence-corrected chi connectivity index (χ0v) is 22.2. The van der Waals surface area contributed by atoms with Gasteiger partial charge in [-0.15, -0.1) is 0 Å². The van der Waals surface area contributed by atoms with Crippen LogP contribution in [-0.4, -0.2) is 71.5 Å². The summed E-state index contributed by atoms with van der Waals surface area (Å²) in [6.45, 7) is 11.0. The molecule has 4 aliphatic carbocycles. The van der Waals surface area contributed by atoms with E-state index in [-0.39, 0.29) is 36.4 Å². The Balaban J connectivity index is 1.68. The normalized spacial score (nSPS) is 47.7. The van der Waals surface area contributed by atoms with Crippen LogP contribution in [0.25, 0.3) is 0 Å². The van der Waals surface area contributed by atoms with Crippen LogP contribution in [0, 0.1) is 34.5 Å². The van der Waals surface area contributed by atoms with Gasteiger partial charge in [-0.05, 0) is 87.2 Å². The standard InChI is InChI=1S/C28H46O7/c1-15(2)26(5,33)14-23(32)27(6,34)22-8-10-28(35)17-11-19(29)18-12-20(30)21(31)13-24(18,3)16(17)7-9-25(22,28)4/h11,15-16,18,20-23,30-35H,7-10,12-14H2,1-6H3/t16?,18?,20-,21+,22?,23-,24-,25-,26-,27-,28-/m0/s1. The SMILES string of the molecule is CC(C)[C@@](C)(O)C[C@H](O)[C@@](C)(O)C1CC[C@]2(O)C3=CC(=O)C4C[C@H](O)[C@H](O)C[C@@]4(C)C3CC[C@@]12C. The largest absolute Gasteiger partial charge is 0.390 e. The second-order valence-electron chi connectivity index (χ2n) is 13.6. The first-order valence-electron chi connectivity index (χ1n) is 13.4. The molecule has 4 rings (SSSR count). The molecule has 200 valence electrons. The summed E-state index contributed by atoms with van der Waals surface area (Å²) < 4.78 is 0. The van der Waals surface area contributed by atoms with Crippen LogP contribution in [0.2, 0.25) is 0 Å². The zero-order chi connectivity index (χ0) is 26.4. The lowest BCUT2D eigenvalue weighted by molar-refractivity contribution is -0.184. The Morgan fingerprint density at radius 1 is 1.06 bits per heavy atom. The van der Waals surface area contributed by atoms with Crippen molar-refractivity contribution < 1.29 is 35.4 Å². The fourth-order valence-corrected chi connectivity index (χ4v) is 8.37. The van der Waals surface area contributed by atoms with E-state index in [2.05, 4.69) is 0 Å². The molecule has 7 heteroatoms. The van der Waals surface area contributed by atoms with Gasteiger partial charge in [0, 0.05) is 17.8 Å². The number of carbonyl (C=O) groups excluding carboxylic acids is 1. The smallest absolute Gasteiger partial charge is 0.159 e. The minimum atomic E-state index is -1.54. The van der Waals surface area contributed by atoms with Gasteiger partial charge in [-0.2, -0.15) is 0 Å². The molecule has 11 atom stereocenters. The predicted molar refractivity (Wildman–Crippen MR) is 131 cm³/mol. The molecule has 0 heterocycles. The van der Waals surface area contributed by atoms with Crippen LogP contribution >= 0.6 is 0 Å². The maximum Gasteiger partial charge on any atom is 0.159 e. The average molecular weight is 495 g/mol. The molecule has 0 aromatic carbocycles. The first kappa shape index (κ1) is 27.2. The Kier molecular flexibility index (Phi) is 6.48. The fourth-order valence-electron chi connectivity index (χ4n) is 8.37. The van der Waals surface area contributed by atoms with Crippen molar-refractivity contribution in [3.05, 3.63) is 11.6 Å². The van der Waals surface area contributed by atoms with Gasteiger partial charge in [0.2, 0.25) is 0 Å². The number of fused-ring (bicyclic) bond motifs is 5. The molecule has 0 aromatic heterocycles. The van der Waals surface area contributed by atoms with Crippen molar-refractivity contribution in [1.82, 2.24) is 0 Å². The van der Waals surface area contributed by atoms with Crippen molar-refractivity contribution in [1.29, 1.82) is 0 Å². The van der Waals surface area contributed by atoms with Gasteiger partial charge in [-0.25, -0.2) is 0 Å². The van der Waals surface area contributed by atoms with Crippen LogP contribution in [-0.2, 0) is 4.79 Å². The summed E-state index contributed by atoms with van der Waals surface area (Å²) in [6.07, 6.45) is 1.32. The van der Waals surface area contributed by atoms with E-state index in [9.17, 15) is 35.4 Å². The number of ketones is 1. The van der Waals surface area contributed by atoms with Crippen LogP contribution in [0.4, 0.5) is 0 Å². The number of aliphatic hydroxyl groups is 6. The van der Waals surface area contributed by atoms with E-state index in [1.165, 1.54) is 0 Å². The van der Waals surface area contributed by atoms with Gasteiger partial charge in [-0.3, -0.25) is 4.79 Å². The molecule has 0 radical (unpaired) electrons. The van der Waals surface area contributed by atoms with Crippen molar-refractivity contribution in [3.63, 3.8) is 0 Å². The Bertz CT molecular complexity index is 894. The molecule has 0 spiro atoms. The van der Waals surface area contributed by atoms with Crippen molar-refractivity contribution in [3.8, 4) is 0 Å². The molecule has 6 N–H and O–H groups in total. The lowest BCUT2D eigenvalue weighted by Crippen LogP contribution is -2.63. The lowest BCUT2D eigenvalue weighted by atomic mass is 9.45. The molecule has 7 nitrogen and oxygen atoms in total. The highest BCUT2D eigenvalue weighted by atomic mass is 16.3. The van der Waals surface area contributed by atoms with E-state index >= 15 is 0 Å². The summed E-state index contributed by atoms with van der Waals surface area (Å²) in [7, 11) is 0. The third-order valence-corrected chi connectivity index (χ3v) is 11.3. The van der Waals surface area contributed by atoms with Crippen LogP contribution in [0.5, 0.6) is 0 Å². The van der Waals surface area contributed by atoms with E-state index < -0.39 is 51.9 Å². The highest BCUT2D eigenvalue weighted by Gasteiger charge is 2.69. The van der Waals surface area contributed by atoms with E-state index in [0.29, 0.717) is 37.7 Å². The number of carbonyl (C=O) groups is 1. The molecule has 3 unspecified atom stereocenters. The third kappa shape index (κ3) is 3.79. The molecule has 3 saturated carbocycles. The summed E-state index contributed by atoms with van der Waals surface area (Å²) in [4.78, 5) is 13.3. The topological polar surface area (TPSA) is 138 Å². The van der Waals surface area contributed by atoms with Crippen LogP contribution in [0.1, 0.15) is 86.5 Å². The van der Waals surface area contributed by atoms with Gasteiger partial charge >= 0.3 is 0 Å². The second-order valence-corrected chi connectivity index (χ2v) is 13.6. The molecule has 0 saturated heterocycles. The van der Waals surface area contributed by atoms with Gasteiger partial charge < -0.3 is 30.6 Å². The summed E-state index contributed by atoms with van der Waals surface area (Å²) in [5, 5.41) is 66.6. The summed E-state index contributed by atoms with van der Waals surface area (Å²) in [5.74, 6) is -1.12. The number of hydrogen-bond donors (Lipinski definition) is 6. The molecule has 4 aliphatic rings. The molecule has 0 aliphatic heterocycles. The van der Waals surface area contributed by atoms with Crippen LogP contribution in [0.3, 0.4) is 0 Å². The molecule has 0 aromatic rings. The third-order valence-electron chi connectivity index (χ3n) is 11.3. The van der Waals surface area contributed by atoms with E-state index in [1.807, 2.05) is 27.7 Å². The minimum absolute atomic E-state index is 0.0203. The van der Waals surface area contributed by atoms with E-state index in [0.717, 1.165) is 0 Å². The minimum Gasteiger partial charge on any atom is -0.390 e. The maximum atomic E-state index is 13.3. The second kappa shape index (κ2) is 8.34. The van der Waals surface area contributed by atoms with Gasteiger partial charge in [-0.1, -0.05) is 27.7 Å². The molecular weight excluding hydrogens is 448 g/mol. The molecular formula is C28H46O7. The lowest BCUT2D eigenvalue weighted by Gasteiger charge is -2.60. The van der Waals surface area contributed by atoms with Gasteiger partial charge in [0.1, 0.15) is 0 Å². The van der Waals surface area contributed by atoms with Gasteiger partial charge in [0.05, 0.1) is 35.1 Å². The number of aliphatic hydroxyl groups excluding tert-OH is 3.